The Hall–Kier alpha value is -1.28. The zero-order valence-electron chi connectivity index (χ0n) is 10.7. The van der Waals surface area contributed by atoms with Crippen LogP contribution in [0.4, 0.5) is 26.3 Å². The van der Waals surface area contributed by atoms with Crippen molar-refractivity contribution >= 4 is 0 Å². The van der Waals surface area contributed by atoms with Gasteiger partial charge in [-0.15, -0.1) is 0 Å². The molecule has 0 radical (unpaired) electrons. The first kappa shape index (κ1) is 16.1. The van der Waals surface area contributed by atoms with E-state index in [1.54, 1.807) is 0 Å². The average Bonchev–Trinajstić information content (AvgIpc) is 2.63. The standard InChI is InChI=1S/C13H12F6O2/c14-12(15,16)9-3-1-8(2-4-9)10-7-11(13(17,18)19)21-6-5-20-10/h1-4,10-11H,5-7H2. The highest BCUT2D eigenvalue weighted by Crippen LogP contribution is 2.35. The van der Waals surface area contributed by atoms with Crippen LogP contribution in [0.1, 0.15) is 23.7 Å². The van der Waals surface area contributed by atoms with Gasteiger partial charge < -0.3 is 9.47 Å². The summed E-state index contributed by atoms with van der Waals surface area (Å²) in [7, 11) is 0. The van der Waals surface area contributed by atoms with Gasteiger partial charge in [-0.05, 0) is 17.7 Å². The van der Waals surface area contributed by atoms with Crippen LogP contribution in [0.5, 0.6) is 0 Å². The van der Waals surface area contributed by atoms with Crippen molar-refractivity contribution in [1.29, 1.82) is 0 Å². The van der Waals surface area contributed by atoms with Crippen molar-refractivity contribution in [3.8, 4) is 0 Å². The third-order valence-corrected chi connectivity index (χ3v) is 3.12. The smallest absolute Gasteiger partial charge is 0.371 e. The van der Waals surface area contributed by atoms with Gasteiger partial charge in [0.1, 0.15) is 0 Å². The first-order chi connectivity index (χ1) is 9.68. The van der Waals surface area contributed by atoms with Crippen LogP contribution >= 0.6 is 0 Å². The zero-order chi connectivity index (χ0) is 15.7. The van der Waals surface area contributed by atoms with Crippen LogP contribution in [-0.4, -0.2) is 25.5 Å². The molecule has 0 amide bonds. The maximum atomic E-state index is 12.7. The number of rotatable bonds is 1. The van der Waals surface area contributed by atoms with E-state index in [4.69, 9.17) is 4.74 Å². The molecule has 2 unspecified atom stereocenters. The Morgan fingerprint density at radius 2 is 1.43 bits per heavy atom. The van der Waals surface area contributed by atoms with E-state index in [0.29, 0.717) is 0 Å². The molecule has 1 saturated heterocycles. The molecule has 1 aliphatic heterocycles. The molecule has 1 heterocycles. The summed E-state index contributed by atoms with van der Waals surface area (Å²) in [6.07, 6.45) is -12.4. The molecule has 0 saturated carbocycles. The Morgan fingerprint density at radius 1 is 0.857 bits per heavy atom. The van der Waals surface area contributed by atoms with E-state index in [1.165, 1.54) is 0 Å². The maximum Gasteiger partial charge on any atom is 0.416 e. The Morgan fingerprint density at radius 3 is 1.95 bits per heavy atom. The van der Waals surface area contributed by atoms with Crippen molar-refractivity contribution in [1.82, 2.24) is 0 Å². The molecule has 0 aromatic heterocycles. The summed E-state index contributed by atoms with van der Waals surface area (Å²) in [6, 6.07) is 3.92. The molecule has 118 valence electrons. The highest BCUT2D eigenvalue weighted by Gasteiger charge is 2.43. The molecule has 21 heavy (non-hydrogen) atoms. The van der Waals surface area contributed by atoms with E-state index in [1.807, 2.05) is 0 Å². The molecule has 1 fully saturated rings. The molecule has 0 spiro atoms. The Kier molecular flexibility index (Phi) is 4.48. The van der Waals surface area contributed by atoms with Crippen molar-refractivity contribution in [2.75, 3.05) is 13.2 Å². The van der Waals surface area contributed by atoms with Gasteiger partial charge in [-0.3, -0.25) is 0 Å². The van der Waals surface area contributed by atoms with Crippen LogP contribution in [0, 0.1) is 0 Å². The van der Waals surface area contributed by atoms with Crippen molar-refractivity contribution in [2.45, 2.75) is 31.0 Å². The number of benzene rings is 1. The Labute approximate surface area is 116 Å². The topological polar surface area (TPSA) is 18.5 Å². The van der Waals surface area contributed by atoms with Gasteiger partial charge in [0.25, 0.3) is 0 Å². The van der Waals surface area contributed by atoms with Crippen molar-refractivity contribution in [2.24, 2.45) is 0 Å². The summed E-state index contributed by atoms with van der Waals surface area (Å²) < 4.78 is 85.3. The lowest BCUT2D eigenvalue weighted by molar-refractivity contribution is -0.220. The van der Waals surface area contributed by atoms with E-state index in [2.05, 4.69) is 4.74 Å². The molecule has 2 nitrogen and oxygen atoms in total. The van der Waals surface area contributed by atoms with Crippen LogP contribution in [0.2, 0.25) is 0 Å². The second-order valence-corrected chi connectivity index (χ2v) is 4.62. The Bertz CT molecular complexity index is 465. The third-order valence-electron chi connectivity index (χ3n) is 3.12. The van der Waals surface area contributed by atoms with E-state index in [9.17, 15) is 26.3 Å². The predicted molar refractivity (Wildman–Crippen MR) is 60.5 cm³/mol. The quantitative estimate of drug-likeness (QED) is 0.726. The van der Waals surface area contributed by atoms with Crippen molar-refractivity contribution < 1.29 is 35.8 Å². The molecule has 8 heteroatoms. The SMILES string of the molecule is FC(F)(F)c1ccc(C2CC(C(F)(F)F)OCCO2)cc1. The van der Waals surface area contributed by atoms with Gasteiger partial charge in [0, 0.05) is 6.42 Å². The predicted octanol–water partition coefficient (Wildman–Crippen LogP) is 4.11. The van der Waals surface area contributed by atoms with Crippen molar-refractivity contribution in [3.05, 3.63) is 35.4 Å². The molecule has 1 aromatic carbocycles. The van der Waals surface area contributed by atoms with Crippen LogP contribution in [0.15, 0.2) is 24.3 Å². The molecule has 1 aromatic rings. The van der Waals surface area contributed by atoms with Crippen LogP contribution in [0.25, 0.3) is 0 Å². The summed E-state index contributed by atoms with van der Waals surface area (Å²) in [6.45, 7) is -0.250. The second kappa shape index (κ2) is 5.84. The minimum absolute atomic E-state index is 0.0434. The first-order valence-electron chi connectivity index (χ1n) is 6.15. The molecule has 0 bridgehead atoms. The number of alkyl halides is 6. The summed E-state index contributed by atoms with van der Waals surface area (Å²) in [5.74, 6) is 0. The lowest BCUT2D eigenvalue weighted by atomic mass is 10.0. The first-order valence-corrected chi connectivity index (χ1v) is 6.15. The van der Waals surface area contributed by atoms with E-state index < -0.39 is 36.5 Å². The Balaban J connectivity index is 2.16. The van der Waals surface area contributed by atoms with Gasteiger partial charge in [0.15, 0.2) is 6.10 Å². The zero-order valence-corrected chi connectivity index (χ0v) is 10.7. The molecule has 2 atom stereocenters. The molecular weight excluding hydrogens is 302 g/mol. The summed E-state index contributed by atoms with van der Waals surface area (Å²) in [5.41, 5.74) is -0.591. The van der Waals surface area contributed by atoms with Gasteiger partial charge in [-0.1, -0.05) is 12.1 Å². The van der Waals surface area contributed by atoms with E-state index >= 15 is 0 Å². The van der Waals surface area contributed by atoms with E-state index in [0.717, 1.165) is 24.3 Å². The fourth-order valence-electron chi connectivity index (χ4n) is 2.06. The fourth-order valence-corrected chi connectivity index (χ4v) is 2.06. The highest BCUT2D eigenvalue weighted by molar-refractivity contribution is 5.26. The summed E-state index contributed by atoms with van der Waals surface area (Å²) in [4.78, 5) is 0. The number of halogens is 6. The van der Waals surface area contributed by atoms with Gasteiger partial charge in [0.05, 0.1) is 24.9 Å². The minimum atomic E-state index is -4.53. The van der Waals surface area contributed by atoms with Crippen LogP contribution in [0.3, 0.4) is 0 Å². The van der Waals surface area contributed by atoms with Gasteiger partial charge in [-0.2, -0.15) is 26.3 Å². The minimum Gasteiger partial charge on any atom is -0.371 e. The van der Waals surface area contributed by atoms with Gasteiger partial charge in [-0.25, -0.2) is 0 Å². The average molecular weight is 314 g/mol. The largest absolute Gasteiger partial charge is 0.416 e. The van der Waals surface area contributed by atoms with Gasteiger partial charge in [0.2, 0.25) is 0 Å². The highest BCUT2D eigenvalue weighted by atomic mass is 19.4. The van der Waals surface area contributed by atoms with Crippen molar-refractivity contribution in [3.63, 3.8) is 0 Å². The summed E-state index contributed by atoms with van der Waals surface area (Å²) in [5, 5.41) is 0. The number of ether oxygens (including phenoxy) is 2. The van der Waals surface area contributed by atoms with Crippen LogP contribution in [-0.2, 0) is 15.7 Å². The lowest BCUT2D eigenvalue weighted by Crippen LogP contribution is -2.32. The number of hydrogen-bond donors (Lipinski definition) is 0. The van der Waals surface area contributed by atoms with E-state index in [-0.39, 0.29) is 18.8 Å². The molecule has 0 aliphatic carbocycles. The molecule has 2 rings (SSSR count). The molecule has 1 aliphatic rings. The monoisotopic (exact) mass is 314 g/mol. The lowest BCUT2D eigenvalue weighted by Gasteiger charge is -2.22. The fraction of sp³-hybridized carbons (Fsp3) is 0.538. The third kappa shape index (κ3) is 4.10. The molecular formula is C13H12F6O2. The molecule has 0 N–H and O–H groups in total. The van der Waals surface area contributed by atoms with Crippen LogP contribution < -0.4 is 0 Å². The normalized spacial score (nSPS) is 24.7. The van der Waals surface area contributed by atoms with Gasteiger partial charge >= 0.3 is 12.4 Å². The number of hydrogen-bond acceptors (Lipinski definition) is 2. The summed E-state index contributed by atoms with van der Waals surface area (Å²) >= 11 is 0. The second-order valence-electron chi connectivity index (χ2n) is 4.62. The maximum absolute atomic E-state index is 12.7.